The topological polar surface area (TPSA) is 62.2 Å². The highest BCUT2D eigenvalue weighted by Gasteiger charge is 2.40. The van der Waals surface area contributed by atoms with Crippen LogP contribution in [-0.2, 0) is 12.8 Å². The van der Waals surface area contributed by atoms with Crippen LogP contribution in [0.25, 0.3) is 11.1 Å². The van der Waals surface area contributed by atoms with E-state index in [4.69, 9.17) is 4.74 Å². The number of likely N-dealkylation sites (N-methyl/N-ethyl adjacent to an activating group) is 1. The lowest BCUT2D eigenvalue weighted by atomic mass is 9.76. The first-order valence-electron chi connectivity index (χ1n) is 8.44. The summed E-state index contributed by atoms with van der Waals surface area (Å²) >= 11 is 0. The van der Waals surface area contributed by atoms with Crippen molar-refractivity contribution in [3.63, 3.8) is 0 Å². The monoisotopic (exact) mass is 381 g/mol. The Balaban J connectivity index is 2.05. The van der Waals surface area contributed by atoms with Gasteiger partial charge in [0.1, 0.15) is 0 Å². The number of fused-ring (bicyclic) bond motifs is 2. The van der Waals surface area contributed by atoms with Gasteiger partial charge in [-0.05, 0) is 60.3 Å². The maximum atomic E-state index is 13.0. The van der Waals surface area contributed by atoms with E-state index in [1.807, 2.05) is 7.05 Å². The number of rotatable bonds is 2. The molecule has 4 rings (SSSR count). The number of methoxy groups -OCH3 is 1. The molecule has 0 spiro atoms. The summed E-state index contributed by atoms with van der Waals surface area (Å²) in [6.45, 7) is 0.716. The van der Waals surface area contributed by atoms with Crippen LogP contribution < -0.4 is 9.47 Å². The number of phenols is 2. The second kappa shape index (κ2) is 5.95. The predicted molar refractivity (Wildman–Crippen MR) is 91.2 cm³/mol. The molecule has 2 aliphatic rings. The van der Waals surface area contributed by atoms with Crippen LogP contribution in [-0.4, -0.2) is 42.2 Å². The maximum Gasteiger partial charge on any atom is 0.573 e. The standard InChI is InChI=1S/C19H18F3NO4/c1-23-4-3-9-6-14(25)18(27-19(20,21)22)17-11-8-15(26-2)13(24)7-10(11)5-12(23)16(9)17/h6-8,12,24-25H,3-5H2,1-2H3. The maximum absolute atomic E-state index is 13.0. The quantitative estimate of drug-likeness (QED) is 0.830. The Morgan fingerprint density at radius 2 is 1.81 bits per heavy atom. The molecule has 1 atom stereocenters. The minimum absolute atomic E-state index is 0.0863. The summed E-state index contributed by atoms with van der Waals surface area (Å²) in [6.07, 6.45) is -3.81. The van der Waals surface area contributed by atoms with Crippen molar-refractivity contribution in [2.75, 3.05) is 20.7 Å². The molecule has 0 saturated heterocycles. The molecular weight excluding hydrogens is 363 g/mol. The number of hydrogen-bond acceptors (Lipinski definition) is 5. The molecule has 1 aliphatic heterocycles. The minimum Gasteiger partial charge on any atom is -0.504 e. The number of aromatic hydroxyl groups is 2. The van der Waals surface area contributed by atoms with E-state index < -0.39 is 17.9 Å². The van der Waals surface area contributed by atoms with Gasteiger partial charge in [0.25, 0.3) is 0 Å². The second-order valence-corrected chi connectivity index (χ2v) is 6.85. The fourth-order valence-corrected chi connectivity index (χ4v) is 4.11. The van der Waals surface area contributed by atoms with Gasteiger partial charge in [0, 0.05) is 18.2 Å². The van der Waals surface area contributed by atoms with E-state index in [1.165, 1.54) is 25.3 Å². The summed E-state index contributed by atoms with van der Waals surface area (Å²) in [4.78, 5) is 2.06. The fraction of sp³-hybridized carbons (Fsp3) is 0.368. The summed E-state index contributed by atoms with van der Waals surface area (Å²) in [5, 5.41) is 20.4. The van der Waals surface area contributed by atoms with Crippen LogP contribution in [0.15, 0.2) is 18.2 Å². The smallest absolute Gasteiger partial charge is 0.504 e. The summed E-state index contributed by atoms with van der Waals surface area (Å²) < 4.78 is 48.5. The van der Waals surface area contributed by atoms with Crippen molar-refractivity contribution in [1.82, 2.24) is 4.90 Å². The van der Waals surface area contributed by atoms with Crippen LogP contribution in [0.3, 0.4) is 0 Å². The zero-order valence-electron chi connectivity index (χ0n) is 14.7. The fourth-order valence-electron chi connectivity index (χ4n) is 4.11. The summed E-state index contributed by atoms with van der Waals surface area (Å²) in [5.41, 5.74) is 2.86. The Morgan fingerprint density at radius 3 is 2.48 bits per heavy atom. The lowest BCUT2D eigenvalue weighted by Gasteiger charge is -2.40. The molecule has 2 aromatic rings. The number of alkyl halides is 3. The molecule has 0 aromatic heterocycles. The Bertz CT molecular complexity index is 926. The van der Waals surface area contributed by atoms with Crippen molar-refractivity contribution in [3.05, 3.63) is 34.9 Å². The third-order valence-corrected chi connectivity index (χ3v) is 5.29. The van der Waals surface area contributed by atoms with Gasteiger partial charge < -0.3 is 19.7 Å². The molecule has 0 saturated carbocycles. The molecule has 1 unspecified atom stereocenters. The van der Waals surface area contributed by atoms with E-state index in [2.05, 4.69) is 9.64 Å². The van der Waals surface area contributed by atoms with Crippen LogP contribution in [0.4, 0.5) is 13.2 Å². The average molecular weight is 381 g/mol. The van der Waals surface area contributed by atoms with Crippen molar-refractivity contribution >= 4 is 0 Å². The molecule has 0 fully saturated rings. The number of phenolic OH excluding ortho intramolecular Hbond substituents is 2. The van der Waals surface area contributed by atoms with Crippen LogP contribution in [0.2, 0.25) is 0 Å². The molecule has 1 aliphatic carbocycles. The summed E-state index contributed by atoms with van der Waals surface area (Å²) in [6, 6.07) is 4.19. The van der Waals surface area contributed by atoms with Gasteiger partial charge in [0.05, 0.1) is 7.11 Å². The molecule has 2 aromatic carbocycles. The van der Waals surface area contributed by atoms with Gasteiger partial charge in [-0.25, -0.2) is 0 Å². The third-order valence-electron chi connectivity index (χ3n) is 5.29. The second-order valence-electron chi connectivity index (χ2n) is 6.85. The van der Waals surface area contributed by atoms with Crippen molar-refractivity contribution in [3.8, 4) is 34.1 Å². The molecule has 0 radical (unpaired) electrons. The molecule has 0 bridgehead atoms. The number of ether oxygens (including phenoxy) is 2. The predicted octanol–water partition coefficient (Wildman–Crippen LogP) is 3.76. The molecule has 5 nitrogen and oxygen atoms in total. The summed E-state index contributed by atoms with van der Waals surface area (Å²) in [7, 11) is 3.27. The highest BCUT2D eigenvalue weighted by molar-refractivity contribution is 5.84. The van der Waals surface area contributed by atoms with Crippen LogP contribution in [0, 0.1) is 0 Å². The third kappa shape index (κ3) is 2.84. The van der Waals surface area contributed by atoms with Gasteiger partial charge in [-0.1, -0.05) is 0 Å². The molecule has 0 amide bonds. The first-order valence-corrected chi connectivity index (χ1v) is 8.44. The number of halogens is 3. The van der Waals surface area contributed by atoms with E-state index in [9.17, 15) is 23.4 Å². The number of benzene rings is 2. The highest BCUT2D eigenvalue weighted by atomic mass is 19.4. The van der Waals surface area contributed by atoms with Gasteiger partial charge in [0.15, 0.2) is 23.0 Å². The van der Waals surface area contributed by atoms with E-state index in [0.717, 1.165) is 11.1 Å². The van der Waals surface area contributed by atoms with Crippen molar-refractivity contribution in [2.24, 2.45) is 0 Å². The molecule has 8 heteroatoms. The SMILES string of the molecule is COc1cc2c(cc1O)CC1c3c(cc(O)c(OC(F)(F)F)c3-2)CCN1C. The number of hydrogen-bond donors (Lipinski definition) is 2. The van der Waals surface area contributed by atoms with E-state index in [-0.39, 0.29) is 23.1 Å². The highest BCUT2D eigenvalue weighted by Crippen LogP contribution is 2.54. The largest absolute Gasteiger partial charge is 0.573 e. The molecule has 144 valence electrons. The Morgan fingerprint density at radius 1 is 1.11 bits per heavy atom. The van der Waals surface area contributed by atoms with Crippen molar-refractivity contribution in [1.29, 1.82) is 0 Å². The van der Waals surface area contributed by atoms with Gasteiger partial charge in [-0.2, -0.15) is 0 Å². The lowest BCUT2D eigenvalue weighted by Crippen LogP contribution is -2.36. The Kier molecular flexibility index (Phi) is 3.92. The van der Waals surface area contributed by atoms with E-state index >= 15 is 0 Å². The van der Waals surface area contributed by atoms with E-state index in [1.54, 1.807) is 0 Å². The van der Waals surface area contributed by atoms with Crippen molar-refractivity contribution < 1.29 is 32.9 Å². The van der Waals surface area contributed by atoms with Gasteiger partial charge in [-0.15, -0.1) is 13.2 Å². The molecule has 27 heavy (non-hydrogen) atoms. The molecular formula is C19H18F3NO4. The van der Waals surface area contributed by atoms with Gasteiger partial charge >= 0.3 is 6.36 Å². The van der Waals surface area contributed by atoms with Gasteiger partial charge in [0.2, 0.25) is 0 Å². The summed E-state index contributed by atoms with van der Waals surface area (Å²) in [5.74, 6) is -1.11. The molecule has 2 N–H and O–H groups in total. The Hall–Kier alpha value is -2.61. The van der Waals surface area contributed by atoms with Crippen LogP contribution >= 0.6 is 0 Å². The van der Waals surface area contributed by atoms with Gasteiger partial charge in [-0.3, -0.25) is 4.90 Å². The van der Waals surface area contributed by atoms with E-state index in [0.29, 0.717) is 30.5 Å². The number of nitrogens with zero attached hydrogens (tertiary/aromatic N) is 1. The van der Waals surface area contributed by atoms with Crippen LogP contribution in [0.5, 0.6) is 23.0 Å². The minimum atomic E-state index is -4.95. The zero-order valence-corrected chi connectivity index (χ0v) is 14.7. The Labute approximate surface area is 153 Å². The lowest BCUT2D eigenvalue weighted by molar-refractivity contribution is -0.274. The first kappa shape index (κ1) is 17.8. The van der Waals surface area contributed by atoms with Crippen molar-refractivity contribution in [2.45, 2.75) is 25.2 Å². The average Bonchev–Trinajstić information content (AvgIpc) is 2.58. The normalized spacial score (nSPS) is 18.6. The van der Waals surface area contributed by atoms with Crippen LogP contribution in [0.1, 0.15) is 22.7 Å². The molecule has 1 heterocycles. The first-order chi connectivity index (χ1) is 12.7. The zero-order chi connectivity index (χ0) is 19.5.